The molecule has 65 heavy (non-hydrogen) atoms. The van der Waals surface area contributed by atoms with Gasteiger partial charge in [0, 0.05) is 75.8 Å². The molecule has 0 radical (unpaired) electrons. The number of hydrogen-bond donors (Lipinski definition) is 4. The molecule has 0 spiro atoms. The number of rotatable bonds is 6. The number of amides is 4. The van der Waals surface area contributed by atoms with Crippen LogP contribution in [0.25, 0.3) is 0 Å². The van der Waals surface area contributed by atoms with Crippen LogP contribution in [-0.2, 0) is 66.9 Å². The van der Waals surface area contributed by atoms with Crippen molar-refractivity contribution in [2.45, 2.75) is 148 Å². The van der Waals surface area contributed by atoms with Crippen molar-refractivity contribution in [1.82, 2.24) is 21.3 Å². The fourth-order valence-electron chi connectivity index (χ4n) is 0.711. The first-order valence-corrected chi connectivity index (χ1v) is 16.4. The molecule has 4 N–H and O–H groups in total. The Hall–Kier alpha value is -6.19. The van der Waals surface area contributed by atoms with Crippen LogP contribution in [0.3, 0.4) is 0 Å². The molecular formula is C47H101N4O14-. The number of ether oxygens (including phenoxy) is 4. The van der Waals surface area contributed by atoms with Crippen LogP contribution in [0.15, 0.2) is 0 Å². The van der Waals surface area contributed by atoms with Crippen LogP contribution < -0.4 is 21.3 Å². The molecule has 0 rings (SSSR count). The lowest BCUT2D eigenvalue weighted by Crippen LogP contribution is -2.16. The number of ketones is 3. The zero-order valence-corrected chi connectivity index (χ0v) is 37.3. The molecule has 0 fully saturated rings. The topological polar surface area (TPSA) is 256 Å². The van der Waals surface area contributed by atoms with E-state index in [4.69, 9.17) is 4.79 Å². The minimum Gasteiger partial charge on any atom is -0.469 e. The lowest BCUT2D eigenvalue weighted by molar-refractivity contribution is -0.140. The average molecular weight is 946 g/mol. The fourth-order valence-corrected chi connectivity index (χ4v) is 0.711. The van der Waals surface area contributed by atoms with E-state index in [1.807, 2.05) is 6.92 Å². The Morgan fingerprint density at radius 1 is 0.523 bits per heavy atom. The molecule has 394 valence electrons. The normalized spacial score (nSPS) is 5.94. The van der Waals surface area contributed by atoms with Crippen molar-refractivity contribution in [2.24, 2.45) is 0 Å². The maximum atomic E-state index is 10.6. The van der Waals surface area contributed by atoms with Gasteiger partial charge in [0.1, 0.15) is 18.2 Å². The summed E-state index contributed by atoms with van der Waals surface area (Å²) in [6, 6.07) is 0. The van der Waals surface area contributed by atoms with Gasteiger partial charge in [-0.3, -0.25) is 44.3 Å². The molecule has 0 bridgehead atoms. The van der Waals surface area contributed by atoms with Crippen molar-refractivity contribution in [1.29, 1.82) is 0 Å². The molecule has 0 aliphatic carbocycles. The summed E-state index contributed by atoms with van der Waals surface area (Å²) in [5.74, 6) is 14.5. The van der Waals surface area contributed by atoms with Crippen molar-refractivity contribution in [3.05, 3.63) is 6.92 Å². The Morgan fingerprint density at radius 3 is 0.908 bits per heavy atom. The molecule has 0 aromatic carbocycles. The summed E-state index contributed by atoms with van der Waals surface area (Å²) in [4.78, 5) is 97.4. The van der Waals surface area contributed by atoms with Crippen LogP contribution in [0.5, 0.6) is 0 Å². The molecule has 18 nitrogen and oxygen atoms in total. The van der Waals surface area contributed by atoms with Crippen LogP contribution in [0.2, 0.25) is 0 Å². The minimum absolute atomic E-state index is 0. The van der Waals surface area contributed by atoms with Crippen molar-refractivity contribution in [3.8, 4) is 35.5 Å². The van der Waals surface area contributed by atoms with E-state index in [9.17, 15) is 43.2 Å². The summed E-state index contributed by atoms with van der Waals surface area (Å²) in [5.41, 5.74) is 0. The molecule has 0 aromatic rings. The van der Waals surface area contributed by atoms with Gasteiger partial charge in [-0.15, -0.1) is 5.92 Å². The van der Waals surface area contributed by atoms with Gasteiger partial charge in [0.25, 0.3) is 0 Å². The summed E-state index contributed by atoms with van der Waals surface area (Å²) < 4.78 is 16.9. The highest BCUT2D eigenvalue weighted by atomic mass is 16.5. The highest BCUT2D eigenvalue weighted by Crippen LogP contribution is 1.76. The number of carbonyl (C=O) groups is 10. The maximum Gasteiger partial charge on any atom is 0.305 e. The summed E-state index contributed by atoms with van der Waals surface area (Å²) in [6.07, 6.45) is 1.93. The molecule has 0 aliphatic heterocycles. The smallest absolute Gasteiger partial charge is 0.305 e. The molecule has 0 aliphatic rings. The van der Waals surface area contributed by atoms with Crippen LogP contribution in [0, 0.1) is 42.4 Å². The molecule has 0 unspecified atom stereocenters. The second-order valence-corrected chi connectivity index (χ2v) is 9.14. The minimum atomic E-state index is -0.245. The van der Waals surface area contributed by atoms with Crippen LogP contribution in [0.1, 0.15) is 148 Å². The number of esters is 3. The largest absolute Gasteiger partial charge is 0.469 e. The van der Waals surface area contributed by atoms with Gasteiger partial charge >= 0.3 is 17.9 Å². The van der Waals surface area contributed by atoms with Gasteiger partial charge in [0.15, 0.2) is 5.78 Å². The highest BCUT2D eigenvalue weighted by molar-refractivity contribution is 5.78. The lowest BCUT2D eigenvalue weighted by atomic mass is 10.4. The SMILES string of the molecule is C.C.C.C.C.C.C.C.CC(C)=O.CCC(=O)OC.CCC(C)=O.CNC(C)=O.CNC(C)=O.CNC=O.COC(C)=O.COC(C)=O.COCC(C)=O.[CH2-]C#CC#CC#CCC(=O)NC. The van der Waals surface area contributed by atoms with E-state index in [1.165, 1.54) is 76.9 Å². The zero-order chi connectivity index (χ0) is 47.6. The summed E-state index contributed by atoms with van der Waals surface area (Å²) in [7, 11) is 11.9. The maximum absolute atomic E-state index is 10.6. The monoisotopic (exact) mass is 946 g/mol. The highest BCUT2D eigenvalue weighted by Gasteiger charge is 1.89. The lowest BCUT2D eigenvalue weighted by Gasteiger charge is -1.87. The third-order valence-corrected chi connectivity index (χ3v) is 3.65. The number of nitrogens with one attached hydrogen (secondary N) is 4. The quantitative estimate of drug-likeness (QED) is 0.0715. The van der Waals surface area contributed by atoms with E-state index >= 15 is 0 Å². The van der Waals surface area contributed by atoms with Gasteiger partial charge in [0.2, 0.25) is 24.1 Å². The predicted octanol–water partition coefficient (Wildman–Crippen LogP) is 6.65. The molecule has 0 atom stereocenters. The third-order valence-electron chi connectivity index (χ3n) is 3.65. The first-order valence-electron chi connectivity index (χ1n) is 16.4. The van der Waals surface area contributed by atoms with Gasteiger partial charge < -0.3 is 49.8 Å². The summed E-state index contributed by atoms with van der Waals surface area (Å²) in [6.45, 7) is 18.9. The molecule has 4 amide bonds. The van der Waals surface area contributed by atoms with Crippen LogP contribution in [-0.4, -0.2) is 123 Å². The summed E-state index contributed by atoms with van der Waals surface area (Å²) >= 11 is 0. The van der Waals surface area contributed by atoms with E-state index in [0.717, 1.165) is 0 Å². The predicted molar refractivity (Wildman–Crippen MR) is 273 cm³/mol. The van der Waals surface area contributed by atoms with Crippen molar-refractivity contribution in [3.63, 3.8) is 0 Å². The Labute approximate surface area is 400 Å². The Morgan fingerprint density at radius 2 is 0.800 bits per heavy atom. The molecule has 0 aromatic heterocycles. The number of carbonyl (C=O) groups excluding carboxylic acids is 10. The van der Waals surface area contributed by atoms with E-state index in [0.29, 0.717) is 19.3 Å². The second kappa shape index (κ2) is 118. The van der Waals surface area contributed by atoms with Gasteiger partial charge in [-0.05, 0) is 39.5 Å². The fraction of sp³-hybridized carbons (Fsp3) is 0.638. The van der Waals surface area contributed by atoms with Crippen LogP contribution >= 0.6 is 0 Å². The first kappa shape index (κ1) is 118. The van der Waals surface area contributed by atoms with E-state index in [-0.39, 0.29) is 125 Å². The zero-order valence-electron chi connectivity index (χ0n) is 37.3. The number of hydrogen-bond acceptors (Lipinski definition) is 14. The standard InChI is InChI=1S/C10H8NO.2C4H8O2.C4H8O.2C3H7NO.2C3H6O2.C3H6O.C2H5NO.8CH4/c1-3-4-5-6-7-8-9-10(12)11-2;1-4(5)3-6-2;1-3-4(5)6-2;1-3-4(2)5;2*1-3(5)4-2;2*1-3(4)5-2;1-3(2)4;1-3-2-4;;;;;;;;/h1,9H2,2H3,(H,11,12);2*3H2,1-2H3;3H2,1-2H3;2*1-2H3,(H,4,5);2*1-2H3;1-2H3;2H,1H3,(H,3,4);8*1H4/q-1;;;;;;;;;;;;;;;;;. The molecule has 0 saturated carbocycles. The Bertz CT molecular complexity index is 1160. The number of methoxy groups -OCH3 is 4. The van der Waals surface area contributed by atoms with Crippen molar-refractivity contribution in [2.75, 3.05) is 63.2 Å². The van der Waals surface area contributed by atoms with Crippen molar-refractivity contribution < 1.29 is 66.9 Å². The Kier molecular flexibility index (Phi) is 214. The molecule has 0 saturated heterocycles. The molecular weight excluding hydrogens is 845 g/mol. The number of Topliss-reactive ketones (excluding diaryl/α,β-unsaturated/α-hetero) is 3. The summed E-state index contributed by atoms with van der Waals surface area (Å²) in [5, 5.41) is 9.47. The van der Waals surface area contributed by atoms with Gasteiger partial charge in [-0.25, -0.2) is 5.92 Å². The Balaban J connectivity index is -0.0000000238. The third kappa shape index (κ3) is 379. The second-order valence-electron chi connectivity index (χ2n) is 9.14. The van der Waals surface area contributed by atoms with Gasteiger partial charge in [0.05, 0.1) is 27.8 Å². The van der Waals surface area contributed by atoms with E-state index in [2.05, 4.69) is 82.7 Å². The molecule has 0 heterocycles. The molecule has 18 heteroatoms. The van der Waals surface area contributed by atoms with Crippen molar-refractivity contribution >= 4 is 59.4 Å². The average Bonchev–Trinajstić information content (AvgIpc) is 3.16. The van der Waals surface area contributed by atoms with Crippen LogP contribution in [0.4, 0.5) is 0 Å². The van der Waals surface area contributed by atoms with Gasteiger partial charge in [-0.2, -0.15) is 6.92 Å². The van der Waals surface area contributed by atoms with E-state index < -0.39 is 0 Å². The first-order chi connectivity index (χ1) is 26.4. The van der Waals surface area contributed by atoms with E-state index in [1.54, 1.807) is 42.0 Å². The van der Waals surface area contributed by atoms with Gasteiger partial charge in [-0.1, -0.05) is 79.2 Å².